The van der Waals surface area contributed by atoms with E-state index in [-0.39, 0.29) is 11.7 Å². The first-order valence-corrected chi connectivity index (χ1v) is 6.78. The largest absolute Gasteiger partial charge is 0.493 e. The van der Waals surface area contributed by atoms with Crippen molar-refractivity contribution in [3.8, 4) is 17.6 Å². The van der Waals surface area contributed by atoms with Crippen LogP contribution in [0.5, 0.6) is 11.5 Å². The summed E-state index contributed by atoms with van der Waals surface area (Å²) in [5.74, 6) is 0.266. The number of carbonyl (C=O) groups is 1. The maximum absolute atomic E-state index is 12.4. The van der Waals surface area contributed by atoms with Crippen molar-refractivity contribution in [2.45, 2.75) is 32.6 Å². The molecule has 0 spiro atoms. The Kier molecular flexibility index (Phi) is 6.05. The molecule has 0 N–H and O–H groups in total. The highest BCUT2D eigenvalue weighted by Crippen LogP contribution is 2.32. The highest BCUT2D eigenvalue weighted by Gasteiger charge is 2.26. The first-order valence-electron chi connectivity index (χ1n) is 6.78. The van der Waals surface area contributed by atoms with Gasteiger partial charge in [-0.05, 0) is 30.5 Å². The lowest BCUT2D eigenvalue weighted by atomic mass is 9.85. The normalized spacial score (nSPS) is 11.8. The molecule has 0 saturated heterocycles. The van der Waals surface area contributed by atoms with Crippen molar-refractivity contribution >= 4 is 5.78 Å². The number of benzene rings is 1. The minimum Gasteiger partial charge on any atom is -0.493 e. The number of nitrogens with zero attached hydrogens (tertiary/aromatic N) is 1. The van der Waals surface area contributed by atoms with Gasteiger partial charge in [-0.15, -0.1) is 0 Å². The fourth-order valence-electron chi connectivity index (χ4n) is 2.26. The number of nitriles is 1. The molecule has 1 aromatic carbocycles. The molecule has 0 radical (unpaired) electrons. The van der Waals surface area contributed by atoms with Crippen LogP contribution in [0.2, 0.25) is 0 Å². The molecule has 0 saturated carbocycles. The number of ether oxygens (including phenoxy) is 2. The van der Waals surface area contributed by atoms with Crippen molar-refractivity contribution in [2.24, 2.45) is 5.92 Å². The maximum atomic E-state index is 12.4. The average molecular weight is 275 g/mol. The Morgan fingerprint density at radius 2 is 1.80 bits per heavy atom. The molecule has 20 heavy (non-hydrogen) atoms. The van der Waals surface area contributed by atoms with E-state index in [9.17, 15) is 10.1 Å². The third-order valence-corrected chi connectivity index (χ3v) is 3.54. The molecule has 0 amide bonds. The van der Waals surface area contributed by atoms with Crippen molar-refractivity contribution in [2.75, 3.05) is 14.2 Å². The summed E-state index contributed by atoms with van der Waals surface area (Å²) in [5.41, 5.74) is 0.655. The lowest BCUT2D eigenvalue weighted by Gasteiger charge is -2.17. The number of ketones is 1. The van der Waals surface area contributed by atoms with Gasteiger partial charge in [0, 0.05) is 5.92 Å². The SMILES string of the molecule is CCC(CC)C(=O)C(C#N)c1ccc(OC)c(OC)c1. The second kappa shape index (κ2) is 7.54. The molecule has 0 aliphatic carbocycles. The summed E-state index contributed by atoms with van der Waals surface area (Å²) < 4.78 is 10.4. The zero-order chi connectivity index (χ0) is 15.1. The number of carbonyl (C=O) groups excluding carboxylic acids is 1. The number of hydrogen-bond donors (Lipinski definition) is 0. The Balaban J connectivity index is 3.13. The molecule has 0 aromatic heterocycles. The lowest BCUT2D eigenvalue weighted by Crippen LogP contribution is -2.20. The number of rotatable bonds is 7. The molecule has 0 aliphatic heterocycles. The molecular formula is C16H21NO3. The highest BCUT2D eigenvalue weighted by molar-refractivity contribution is 5.90. The van der Waals surface area contributed by atoms with Crippen LogP contribution in [0.4, 0.5) is 0 Å². The second-order valence-electron chi connectivity index (χ2n) is 4.59. The summed E-state index contributed by atoms with van der Waals surface area (Å²) in [5, 5.41) is 9.34. The van der Waals surface area contributed by atoms with Crippen LogP contribution in [-0.4, -0.2) is 20.0 Å². The van der Waals surface area contributed by atoms with Crippen molar-refractivity contribution < 1.29 is 14.3 Å². The van der Waals surface area contributed by atoms with Crippen LogP contribution in [0.3, 0.4) is 0 Å². The summed E-state index contributed by atoms with van der Waals surface area (Å²) >= 11 is 0. The van der Waals surface area contributed by atoms with Crippen LogP contribution >= 0.6 is 0 Å². The van der Waals surface area contributed by atoms with Gasteiger partial charge < -0.3 is 9.47 Å². The van der Waals surface area contributed by atoms with Gasteiger partial charge in [-0.2, -0.15) is 5.26 Å². The molecule has 0 fully saturated rings. The monoisotopic (exact) mass is 275 g/mol. The van der Waals surface area contributed by atoms with E-state index in [0.29, 0.717) is 17.1 Å². The quantitative estimate of drug-likeness (QED) is 0.766. The number of hydrogen-bond acceptors (Lipinski definition) is 4. The van der Waals surface area contributed by atoms with Gasteiger partial charge >= 0.3 is 0 Å². The minimum absolute atomic E-state index is 0.0234. The minimum atomic E-state index is -0.750. The van der Waals surface area contributed by atoms with Gasteiger partial charge in [0.05, 0.1) is 20.3 Å². The van der Waals surface area contributed by atoms with Crippen LogP contribution in [0.25, 0.3) is 0 Å². The zero-order valence-corrected chi connectivity index (χ0v) is 12.5. The summed E-state index contributed by atoms with van der Waals surface area (Å²) in [7, 11) is 3.08. The lowest BCUT2D eigenvalue weighted by molar-refractivity contribution is -0.123. The van der Waals surface area contributed by atoms with E-state index in [1.165, 1.54) is 7.11 Å². The zero-order valence-electron chi connectivity index (χ0n) is 12.5. The van der Waals surface area contributed by atoms with Gasteiger partial charge in [-0.1, -0.05) is 19.9 Å². The molecule has 1 aromatic rings. The Labute approximate surface area is 120 Å². The molecule has 1 unspecified atom stereocenters. The van der Waals surface area contributed by atoms with E-state index in [2.05, 4.69) is 6.07 Å². The topological polar surface area (TPSA) is 59.3 Å². The van der Waals surface area contributed by atoms with E-state index >= 15 is 0 Å². The third-order valence-electron chi connectivity index (χ3n) is 3.54. The molecule has 0 aliphatic rings. The predicted octanol–water partition coefficient (Wildman–Crippen LogP) is 3.32. The number of Topliss-reactive ketones (excluding diaryl/α,β-unsaturated/α-hetero) is 1. The van der Waals surface area contributed by atoms with E-state index < -0.39 is 5.92 Å². The summed E-state index contributed by atoms with van der Waals surface area (Å²) in [4.78, 5) is 12.4. The Morgan fingerprint density at radius 3 is 2.25 bits per heavy atom. The van der Waals surface area contributed by atoms with Crippen LogP contribution in [0, 0.1) is 17.2 Å². The van der Waals surface area contributed by atoms with Gasteiger partial charge in [0.2, 0.25) is 0 Å². The summed E-state index contributed by atoms with van der Waals surface area (Å²) in [6.07, 6.45) is 1.50. The van der Waals surface area contributed by atoms with Crippen molar-refractivity contribution in [3.05, 3.63) is 23.8 Å². The third kappa shape index (κ3) is 3.30. The molecule has 1 rings (SSSR count). The molecule has 4 nitrogen and oxygen atoms in total. The van der Waals surface area contributed by atoms with Gasteiger partial charge in [0.1, 0.15) is 5.92 Å². The fourth-order valence-corrected chi connectivity index (χ4v) is 2.26. The van der Waals surface area contributed by atoms with Crippen molar-refractivity contribution in [3.63, 3.8) is 0 Å². The van der Waals surface area contributed by atoms with Crippen molar-refractivity contribution in [1.82, 2.24) is 0 Å². The van der Waals surface area contributed by atoms with E-state index in [0.717, 1.165) is 12.8 Å². The first kappa shape index (κ1) is 16.0. The van der Waals surface area contributed by atoms with Gasteiger partial charge in [0.15, 0.2) is 17.3 Å². The van der Waals surface area contributed by atoms with Gasteiger partial charge in [-0.25, -0.2) is 0 Å². The maximum Gasteiger partial charge on any atom is 0.161 e. The van der Waals surface area contributed by atoms with Crippen LogP contribution in [0.1, 0.15) is 38.2 Å². The fraction of sp³-hybridized carbons (Fsp3) is 0.500. The second-order valence-corrected chi connectivity index (χ2v) is 4.59. The van der Waals surface area contributed by atoms with E-state index in [1.54, 1.807) is 25.3 Å². The summed E-state index contributed by atoms with van der Waals surface area (Å²) in [6, 6.07) is 7.28. The predicted molar refractivity (Wildman–Crippen MR) is 77.0 cm³/mol. The molecule has 1 atom stereocenters. The van der Waals surface area contributed by atoms with Gasteiger partial charge in [0.25, 0.3) is 0 Å². The van der Waals surface area contributed by atoms with Crippen molar-refractivity contribution in [1.29, 1.82) is 5.26 Å². The Hall–Kier alpha value is -2.02. The first-order chi connectivity index (χ1) is 9.62. The molecule has 0 heterocycles. The smallest absolute Gasteiger partial charge is 0.161 e. The van der Waals surface area contributed by atoms with Crippen LogP contribution in [0.15, 0.2) is 18.2 Å². The van der Waals surface area contributed by atoms with Crippen LogP contribution < -0.4 is 9.47 Å². The van der Waals surface area contributed by atoms with E-state index in [1.807, 2.05) is 13.8 Å². The van der Waals surface area contributed by atoms with E-state index in [4.69, 9.17) is 9.47 Å². The summed E-state index contributed by atoms with van der Waals surface area (Å²) in [6.45, 7) is 3.93. The molecule has 108 valence electrons. The molecule has 0 bridgehead atoms. The molecular weight excluding hydrogens is 254 g/mol. The highest BCUT2D eigenvalue weighted by atomic mass is 16.5. The van der Waals surface area contributed by atoms with Crippen LogP contribution in [-0.2, 0) is 4.79 Å². The standard InChI is InChI=1S/C16H21NO3/c1-5-11(6-2)16(18)13(10-17)12-7-8-14(19-3)15(9-12)20-4/h7-9,11,13H,5-6H2,1-4H3. The average Bonchev–Trinajstić information content (AvgIpc) is 2.49. The number of methoxy groups -OCH3 is 2. The molecule has 4 heteroatoms. The Morgan fingerprint density at radius 1 is 1.20 bits per heavy atom. The Bertz CT molecular complexity index is 501. The van der Waals surface area contributed by atoms with Gasteiger partial charge in [-0.3, -0.25) is 4.79 Å².